The van der Waals surface area contributed by atoms with Crippen LogP contribution in [0.5, 0.6) is 0 Å². The zero-order chi connectivity index (χ0) is 15.5. The molecule has 7 heteroatoms. The van der Waals surface area contributed by atoms with Gasteiger partial charge in [0.15, 0.2) is 5.96 Å². The van der Waals surface area contributed by atoms with Crippen LogP contribution in [0.4, 0.5) is 0 Å². The molecule has 3 unspecified atom stereocenters. The molecule has 0 spiro atoms. The molecule has 2 N–H and O–H groups in total. The predicted octanol–water partition coefficient (Wildman–Crippen LogP) is 0.583. The number of halogens is 1. The van der Waals surface area contributed by atoms with Gasteiger partial charge < -0.3 is 20.3 Å². The molecule has 134 valence electrons. The number of hydrogen-bond acceptors (Lipinski definition) is 4. The van der Waals surface area contributed by atoms with E-state index >= 15 is 0 Å². The van der Waals surface area contributed by atoms with Crippen molar-refractivity contribution in [2.24, 2.45) is 10.9 Å². The van der Waals surface area contributed by atoms with Crippen LogP contribution in [-0.2, 0) is 4.74 Å². The van der Waals surface area contributed by atoms with Crippen LogP contribution in [0, 0.1) is 5.92 Å². The molecule has 0 radical (unpaired) electrons. The van der Waals surface area contributed by atoms with Crippen molar-refractivity contribution in [2.75, 3.05) is 53.4 Å². The first-order chi connectivity index (χ1) is 10.7. The molecule has 6 nitrogen and oxygen atoms in total. The van der Waals surface area contributed by atoms with Crippen molar-refractivity contribution < 1.29 is 4.74 Å². The highest BCUT2D eigenvalue weighted by Crippen LogP contribution is 2.31. The maximum absolute atomic E-state index is 5.80. The average molecular weight is 437 g/mol. The van der Waals surface area contributed by atoms with Crippen molar-refractivity contribution in [1.29, 1.82) is 0 Å². The SMILES string of the molecule is CN=C(NCC1CN(C)CCO1)NC1CN(C2CC2)CC1C.I. The molecule has 1 aliphatic carbocycles. The number of ether oxygens (including phenoxy) is 1. The normalized spacial score (nSPS) is 33.3. The summed E-state index contributed by atoms with van der Waals surface area (Å²) in [5.74, 6) is 1.59. The Hall–Kier alpha value is -0.120. The van der Waals surface area contributed by atoms with Gasteiger partial charge in [-0.05, 0) is 25.8 Å². The van der Waals surface area contributed by atoms with E-state index in [0.29, 0.717) is 12.0 Å². The summed E-state index contributed by atoms with van der Waals surface area (Å²) in [7, 11) is 4.00. The molecular weight excluding hydrogens is 405 g/mol. The second kappa shape index (κ2) is 8.82. The fourth-order valence-corrected chi connectivity index (χ4v) is 3.50. The highest BCUT2D eigenvalue weighted by Gasteiger charge is 2.38. The molecule has 0 aromatic carbocycles. The van der Waals surface area contributed by atoms with E-state index in [4.69, 9.17) is 4.74 Å². The zero-order valence-electron chi connectivity index (χ0n) is 14.6. The molecule has 23 heavy (non-hydrogen) atoms. The van der Waals surface area contributed by atoms with E-state index in [1.54, 1.807) is 0 Å². The fraction of sp³-hybridized carbons (Fsp3) is 0.938. The number of guanidine groups is 1. The topological polar surface area (TPSA) is 52.1 Å². The Kier molecular flexibility index (Phi) is 7.37. The van der Waals surface area contributed by atoms with Gasteiger partial charge in [0, 0.05) is 51.9 Å². The van der Waals surface area contributed by atoms with Gasteiger partial charge in [-0.1, -0.05) is 6.92 Å². The van der Waals surface area contributed by atoms with E-state index < -0.39 is 0 Å². The van der Waals surface area contributed by atoms with Crippen LogP contribution < -0.4 is 10.6 Å². The van der Waals surface area contributed by atoms with Crippen LogP contribution in [-0.4, -0.2) is 87.4 Å². The Morgan fingerprint density at radius 2 is 2.04 bits per heavy atom. The maximum atomic E-state index is 5.80. The molecule has 3 atom stereocenters. The van der Waals surface area contributed by atoms with Gasteiger partial charge in [-0.3, -0.25) is 9.89 Å². The Labute approximate surface area is 157 Å². The lowest BCUT2D eigenvalue weighted by Crippen LogP contribution is -2.51. The summed E-state index contributed by atoms with van der Waals surface area (Å²) in [5, 5.41) is 7.04. The largest absolute Gasteiger partial charge is 0.374 e. The van der Waals surface area contributed by atoms with Gasteiger partial charge in [-0.25, -0.2) is 0 Å². The number of morpholine rings is 1. The van der Waals surface area contributed by atoms with Gasteiger partial charge in [0.05, 0.1) is 12.7 Å². The Morgan fingerprint density at radius 3 is 2.70 bits per heavy atom. The standard InChI is InChI=1S/C16H31N5O.HI/c1-12-9-21(13-4-5-13)11-15(12)19-16(17-2)18-8-14-10-20(3)6-7-22-14;/h12-15H,4-11H2,1-3H3,(H2,17,18,19);1H. The van der Waals surface area contributed by atoms with E-state index in [-0.39, 0.29) is 30.1 Å². The van der Waals surface area contributed by atoms with E-state index in [1.165, 1.54) is 19.4 Å². The van der Waals surface area contributed by atoms with Crippen LogP contribution in [0.2, 0.25) is 0 Å². The number of nitrogens with zero attached hydrogens (tertiary/aromatic N) is 3. The maximum Gasteiger partial charge on any atom is 0.191 e. The van der Waals surface area contributed by atoms with Crippen molar-refractivity contribution in [3.05, 3.63) is 0 Å². The first-order valence-electron chi connectivity index (χ1n) is 8.67. The van der Waals surface area contributed by atoms with Crippen LogP contribution in [0.25, 0.3) is 0 Å². The summed E-state index contributed by atoms with van der Waals surface area (Å²) in [6, 6.07) is 1.36. The lowest BCUT2D eigenvalue weighted by atomic mass is 10.1. The first-order valence-corrected chi connectivity index (χ1v) is 8.67. The third-order valence-electron chi connectivity index (χ3n) is 5.09. The van der Waals surface area contributed by atoms with Crippen molar-refractivity contribution >= 4 is 29.9 Å². The summed E-state index contributed by atoms with van der Waals surface area (Å²) >= 11 is 0. The highest BCUT2D eigenvalue weighted by molar-refractivity contribution is 14.0. The van der Waals surface area contributed by atoms with Crippen molar-refractivity contribution in [3.8, 4) is 0 Å². The van der Waals surface area contributed by atoms with Crippen LogP contribution >= 0.6 is 24.0 Å². The predicted molar refractivity (Wildman–Crippen MR) is 105 cm³/mol. The zero-order valence-corrected chi connectivity index (χ0v) is 17.0. The van der Waals surface area contributed by atoms with E-state index in [2.05, 4.69) is 39.4 Å². The molecule has 0 aromatic heterocycles. The Bertz CT molecular complexity index is 404. The van der Waals surface area contributed by atoms with Gasteiger partial charge >= 0.3 is 0 Å². The van der Waals surface area contributed by atoms with Gasteiger partial charge in [0.25, 0.3) is 0 Å². The molecule has 0 amide bonds. The Balaban J connectivity index is 0.00000192. The molecule has 0 aromatic rings. The fourth-order valence-electron chi connectivity index (χ4n) is 3.50. The monoisotopic (exact) mass is 437 g/mol. The van der Waals surface area contributed by atoms with Crippen LogP contribution in [0.15, 0.2) is 4.99 Å². The summed E-state index contributed by atoms with van der Waals surface area (Å²) in [5.41, 5.74) is 0. The summed E-state index contributed by atoms with van der Waals surface area (Å²) < 4.78 is 5.80. The highest BCUT2D eigenvalue weighted by atomic mass is 127. The van der Waals surface area contributed by atoms with Gasteiger partial charge in [0.2, 0.25) is 0 Å². The lowest BCUT2D eigenvalue weighted by Gasteiger charge is -2.30. The average Bonchev–Trinajstić information content (AvgIpc) is 3.28. The van der Waals surface area contributed by atoms with E-state index in [0.717, 1.165) is 44.8 Å². The molecule has 2 saturated heterocycles. The number of likely N-dealkylation sites (N-methyl/N-ethyl adjacent to an activating group) is 1. The van der Waals surface area contributed by atoms with E-state index in [9.17, 15) is 0 Å². The smallest absolute Gasteiger partial charge is 0.191 e. The van der Waals surface area contributed by atoms with Gasteiger partial charge in [0.1, 0.15) is 0 Å². The minimum absolute atomic E-state index is 0. The molecule has 3 rings (SSSR count). The number of likely N-dealkylation sites (tertiary alicyclic amines) is 1. The first kappa shape index (κ1) is 19.2. The molecule has 0 bridgehead atoms. The second-order valence-corrected chi connectivity index (χ2v) is 7.12. The summed E-state index contributed by atoms with van der Waals surface area (Å²) in [4.78, 5) is 9.33. The van der Waals surface area contributed by atoms with Crippen molar-refractivity contribution in [2.45, 2.75) is 38.0 Å². The molecule has 2 aliphatic heterocycles. The number of hydrogen-bond donors (Lipinski definition) is 2. The van der Waals surface area contributed by atoms with Gasteiger partial charge in [-0.15, -0.1) is 24.0 Å². The molecule has 3 fully saturated rings. The van der Waals surface area contributed by atoms with Crippen molar-refractivity contribution in [3.63, 3.8) is 0 Å². The third kappa shape index (κ3) is 5.44. The molecule has 1 saturated carbocycles. The molecule has 2 heterocycles. The van der Waals surface area contributed by atoms with Crippen molar-refractivity contribution in [1.82, 2.24) is 20.4 Å². The van der Waals surface area contributed by atoms with E-state index in [1.807, 2.05) is 7.05 Å². The third-order valence-corrected chi connectivity index (χ3v) is 5.09. The second-order valence-electron chi connectivity index (χ2n) is 7.12. The molecule has 3 aliphatic rings. The van der Waals surface area contributed by atoms with Crippen LogP contribution in [0.1, 0.15) is 19.8 Å². The summed E-state index contributed by atoms with van der Waals surface area (Å²) in [6.45, 7) is 8.36. The number of aliphatic imine (C=N–C) groups is 1. The van der Waals surface area contributed by atoms with Gasteiger partial charge in [-0.2, -0.15) is 0 Å². The lowest BCUT2D eigenvalue weighted by molar-refractivity contribution is -0.0161. The molecular formula is C16H32IN5O. The Morgan fingerprint density at radius 1 is 1.26 bits per heavy atom. The number of rotatable bonds is 4. The minimum Gasteiger partial charge on any atom is -0.374 e. The number of nitrogens with one attached hydrogen (secondary N) is 2. The minimum atomic E-state index is 0. The summed E-state index contributed by atoms with van der Waals surface area (Å²) in [6.07, 6.45) is 3.03. The quantitative estimate of drug-likeness (QED) is 0.383. The van der Waals surface area contributed by atoms with Crippen LogP contribution in [0.3, 0.4) is 0 Å².